The zero-order valence-corrected chi connectivity index (χ0v) is 7.54. The van der Waals surface area contributed by atoms with Crippen molar-refractivity contribution < 1.29 is 9.90 Å². The summed E-state index contributed by atoms with van der Waals surface area (Å²) in [5.41, 5.74) is 1.34. The fourth-order valence-corrected chi connectivity index (χ4v) is 1.93. The molecule has 0 aromatic heterocycles. The van der Waals surface area contributed by atoms with Crippen LogP contribution in [0.1, 0.15) is 15.9 Å². The molecule has 0 fully saturated rings. The molecular formula is C9H7NO2S. The van der Waals surface area contributed by atoms with Crippen LogP contribution in [0.25, 0.3) is 0 Å². The first-order chi connectivity index (χ1) is 6.27. The minimum Gasteiger partial charge on any atom is -0.478 e. The zero-order chi connectivity index (χ0) is 9.26. The second kappa shape index (κ2) is 3.22. The molecule has 1 aliphatic rings. The Bertz CT molecular complexity index is 387. The highest BCUT2D eigenvalue weighted by Gasteiger charge is 2.09. The van der Waals surface area contributed by atoms with Crippen LogP contribution in [-0.4, -0.2) is 23.2 Å². The van der Waals surface area contributed by atoms with Crippen LogP contribution in [0.5, 0.6) is 0 Å². The molecule has 0 spiro atoms. The maximum Gasteiger partial charge on any atom is 0.335 e. The van der Waals surface area contributed by atoms with Gasteiger partial charge in [0.2, 0.25) is 0 Å². The number of aromatic carboxylic acids is 1. The SMILES string of the molecule is O=C(O)c1ccc2c(c1)SCN=C2. The van der Waals surface area contributed by atoms with Gasteiger partial charge in [-0.05, 0) is 12.1 Å². The number of hydrogen-bond donors (Lipinski definition) is 1. The number of rotatable bonds is 1. The molecule has 3 nitrogen and oxygen atoms in total. The fraction of sp³-hybridized carbons (Fsp3) is 0.111. The predicted molar refractivity (Wildman–Crippen MR) is 51.7 cm³/mol. The minimum atomic E-state index is -0.883. The molecule has 1 aromatic carbocycles. The molecule has 0 radical (unpaired) electrons. The number of carbonyl (C=O) groups is 1. The van der Waals surface area contributed by atoms with E-state index in [9.17, 15) is 4.79 Å². The smallest absolute Gasteiger partial charge is 0.335 e. The fourth-order valence-electron chi connectivity index (χ4n) is 1.14. The third-order valence-electron chi connectivity index (χ3n) is 1.79. The number of carboxylic acids is 1. The van der Waals surface area contributed by atoms with Crippen molar-refractivity contribution in [1.29, 1.82) is 0 Å². The van der Waals surface area contributed by atoms with Crippen LogP contribution in [0, 0.1) is 0 Å². The first-order valence-corrected chi connectivity index (χ1v) is 4.76. The van der Waals surface area contributed by atoms with E-state index in [1.807, 2.05) is 0 Å². The Morgan fingerprint density at radius 1 is 1.54 bits per heavy atom. The largest absolute Gasteiger partial charge is 0.478 e. The summed E-state index contributed by atoms with van der Waals surface area (Å²) < 4.78 is 0. The normalized spacial score (nSPS) is 13.8. The third-order valence-corrected chi connectivity index (χ3v) is 2.73. The molecule has 1 aliphatic heterocycles. The number of nitrogens with zero attached hydrogens (tertiary/aromatic N) is 1. The molecule has 0 atom stereocenters. The Kier molecular flexibility index (Phi) is 2.06. The minimum absolute atomic E-state index is 0.335. The summed E-state index contributed by atoms with van der Waals surface area (Å²) in [6.07, 6.45) is 1.78. The van der Waals surface area contributed by atoms with E-state index in [-0.39, 0.29) is 0 Å². The summed E-state index contributed by atoms with van der Waals surface area (Å²) in [5.74, 6) is -0.207. The summed E-state index contributed by atoms with van der Waals surface area (Å²) in [4.78, 5) is 15.7. The zero-order valence-electron chi connectivity index (χ0n) is 6.73. The molecular weight excluding hydrogens is 186 g/mol. The highest BCUT2D eigenvalue weighted by Crippen LogP contribution is 2.26. The number of benzene rings is 1. The van der Waals surface area contributed by atoms with Crippen LogP contribution in [0.4, 0.5) is 0 Å². The van der Waals surface area contributed by atoms with Gasteiger partial charge in [0.05, 0.1) is 11.4 Å². The average Bonchev–Trinajstić information content (AvgIpc) is 2.17. The number of aliphatic imine (C=N–C) groups is 1. The lowest BCUT2D eigenvalue weighted by atomic mass is 10.1. The molecule has 0 aliphatic carbocycles. The van der Waals surface area contributed by atoms with Crippen LogP contribution >= 0.6 is 11.8 Å². The molecule has 1 heterocycles. The van der Waals surface area contributed by atoms with E-state index in [1.165, 1.54) is 0 Å². The van der Waals surface area contributed by atoms with Crippen LogP contribution in [0.2, 0.25) is 0 Å². The maximum atomic E-state index is 10.6. The van der Waals surface area contributed by atoms with Gasteiger partial charge < -0.3 is 5.11 Å². The van der Waals surface area contributed by atoms with Gasteiger partial charge in [-0.1, -0.05) is 6.07 Å². The Morgan fingerprint density at radius 2 is 2.38 bits per heavy atom. The van der Waals surface area contributed by atoms with Crippen LogP contribution in [-0.2, 0) is 0 Å². The Labute approximate surface area is 79.5 Å². The molecule has 1 N–H and O–H groups in total. The average molecular weight is 193 g/mol. The van der Waals surface area contributed by atoms with Gasteiger partial charge in [-0.15, -0.1) is 11.8 Å². The van der Waals surface area contributed by atoms with Crippen molar-refractivity contribution in [3.63, 3.8) is 0 Å². The first kappa shape index (κ1) is 8.31. The topological polar surface area (TPSA) is 49.7 Å². The Morgan fingerprint density at radius 3 is 3.15 bits per heavy atom. The van der Waals surface area contributed by atoms with Crippen LogP contribution < -0.4 is 0 Å². The quantitative estimate of drug-likeness (QED) is 0.740. The van der Waals surface area contributed by atoms with Gasteiger partial charge in [0.25, 0.3) is 0 Å². The Hall–Kier alpha value is -1.29. The van der Waals surface area contributed by atoms with Gasteiger partial charge in [-0.2, -0.15) is 0 Å². The lowest BCUT2D eigenvalue weighted by Gasteiger charge is -2.09. The van der Waals surface area contributed by atoms with Crippen LogP contribution in [0.15, 0.2) is 28.1 Å². The van der Waals surface area contributed by atoms with E-state index in [1.54, 1.807) is 36.2 Å². The van der Waals surface area contributed by atoms with Gasteiger partial charge in [-0.25, -0.2) is 4.79 Å². The van der Waals surface area contributed by atoms with Gasteiger partial charge >= 0.3 is 5.97 Å². The lowest BCUT2D eigenvalue weighted by Crippen LogP contribution is -2.00. The number of thioether (sulfide) groups is 1. The van der Waals surface area contributed by atoms with E-state index >= 15 is 0 Å². The second-order valence-electron chi connectivity index (χ2n) is 2.64. The van der Waals surface area contributed by atoms with Crippen molar-refractivity contribution in [2.24, 2.45) is 4.99 Å². The highest BCUT2D eigenvalue weighted by molar-refractivity contribution is 7.99. The molecule has 0 amide bonds. The number of hydrogen-bond acceptors (Lipinski definition) is 3. The molecule has 66 valence electrons. The Balaban J connectivity index is 2.48. The summed E-state index contributed by atoms with van der Waals surface area (Å²) in [6.45, 7) is 0. The van der Waals surface area contributed by atoms with Gasteiger partial charge in [0, 0.05) is 16.7 Å². The van der Waals surface area contributed by atoms with Crippen molar-refractivity contribution >= 4 is 23.9 Å². The van der Waals surface area contributed by atoms with Gasteiger partial charge in [-0.3, -0.25) is 4.99 Å². The molecule has 0 saturated heterocycles. The van der Waals surface area contributed by atoms with E-state index in [4.69, 9.17) is 5.11 Å². The van der Waals surface area contributed by atoms with E-state index in [0.717, 1.165) is 10.5 Å². The first-order valence-electron chi connectivity index (χ1n) is 3.77. The van der Waals surface area contributed by atoms with E-state index < -0.39 is 5.97 Å². The second-order valence-corrected chi connectivity index (χ2v) is 3.63. The van der Waals surface area contributed by atoms with E-state index in [0.29, 0.717) is 11.4 Å². The van der Waals surface area contributed by atoms with Crippen LogP contribution in [0.3, 0.4) is 0 Å². The molecule has 2 rings (SSSR count). The summed E-state index contributed by atoms with van der Waals surface area (Å²) in [5, 5.41) is 8.74. The molecule has 4 heteroatoms. The number of fused-ring (bicyclic) bond motifs is 1. The highest BCUT2D eigenvalue weighted by atomic mass is 32.2. The summed E-state index contributed by atoms with van der Waals surface area (Å²) >= 11 is 1.56. The predicted octanol–water partition coefficient (Wildman–Crippen LogP) is 1.87. The third kappa shape index (κ3) is 1.58. The van der Waals surface area contributed by atoms with Crippen molar-refractivity contribution in [3.8, 4) is 0 Å². The molecule has 0 bridgehead atoms. The summed E-state index contributed by atoms with van der Waals surface area (Å²) in [7, 11) is 0. The van der Waals surface area contributed by atoms with Crippen molar-refractivity contribution in [2.75, 3.05) is 5.88 Å². The van der Waals surface area contributed by atoms with Gasteiger partial charge in [0.15, 0.2) is 0 Å². The standard InChI is InChI=1S/C9H7NO2S/c11-9(12)6-1-2-7-4-10-5-13-8(7)3-6/h1-4H,5H2,(H,11,12). The molecule has 0 unspecified atom stereocenters. The maximum absolute atomic E-state index is 10.6. The molecule has 13 heavy (non-hydrogen) atoms. The van der Waals surface area contributed by atoms with Crippen molar-refractivity contribution in [3.05, 3.63) is 29.3 Å². The molecule has 0 saturated carbocycles. The van der Waals surface area contributed by atoms with Crippen molar-refractivity contribution in [1.82, 2.24) is 0 Å². The monoisotopic (exact) mass is 193 g/mol. The lowest BCUT2D eigenvalue weighted by molar-refractivity contribution is 0.0696. The van der Waals surface area contributed by atoms with Gasteiger partial charge in [0.1, 0.15) is 0 Å². The number of carboxylic acid groups (broad SMARTS) is 1. The molecule has 1 aromatic rings. The van der Waals surface area contributed by atoms with Crippen molar-refractivity contribution in [2.45, 2.75) is 4.90 Å². The van der Waals surface area contributed by atoms with E-state index in [2.05, 4.69) is 4.99 Å². The summed E-state index contributed by atoms with van der Waals surface area (Å²) in [6, 6.07) is 5.07.